The maximum Gasteiger partial charge on any atom is 0.00671 e. The average Bonchev–Trinajstić information content (AvgIpc) is 2.40. The van der Waals surface area contributed by atoms with Crippen LogP contribution in [0.2, 0.25) is 0 Å². The van der Waals surface area contributed by atoms with Gasteiger partial charge in [0.2, 0.25) is 0 Å². The van der Waals surface area contributed by atoms with Gasteiger partial charge in [0.1, 0.15) is 0 Å². The van der Waals surface area contributed by atoms with Crippen molar-refractivity contribution in [2.45, 2.75) is 58.9 Å². The lowest BCUT2D eigenvalue weighted by Crippen LogP contribution is -2.42. The van der Waals surface area contributed by atoms with Crippen LogP contribution in [0.25, 0.3) is 0 Å². The summed E-state index contributed by atoms with van der Waals surface area (Å²) >= 11 is 0. The van der Waals surface area contributed by atoms with E-state index in [0.29, 0.717) is 0 Å². The van der Waals surface area contributed by atoms with E-state index in [1.807, 2.05) is 0 Å². The third-order valence-corrected chi connectivity index (χ3v) is 5.26. The standard InChI is InChI=1S/C16H32N2/c1-13-6-7-15(3)18(12-13)10-8-14(2)16-5-4-9-17-11-16/h13-17H,4-12H2,1-3H3. The molecule has 4 atom stereocenters. The second-order valence-electron chi connectivity index (χ2n) is 6.90. The average molecular weight is 252 g/mol. The van der Waals surface area contributed by atoms with Crippen molar-refractivity contribution in [1.29, 1.82) is 0 Å². The summed E-state index contributed by atoms with van der Waals surface area (Å²) in [6.07, 6.45) is 7.05. The molecule has 18 heavy (non-hydrogen) atoms. The molecule has 2 aliphatic rings. The van der Waals surface area contributed by atoms with Crippen molar-refractivity contribution in [2.75, 3.05) is 26.2 Å². The maximum atomic E-state index is 3.56. The Balaban J connectivity index is 1.72. The van der Waals surface area contributed by atoms with E-state index in [2.05, 4.69) is 31.0 Å². The molecule has 0 spiro atoms. The predicted molar refractivity (Wildman–Crippen MR) is 78.8 cm³/mol. The van der Waals surface area contributed by atoms with Crippen molar-refractivity contribution < 1.29 is 0 Å². The first-order chi connectivity index (χ1) is 8.66. The van der Waals surface area contributed by atoms with Crippen molar-refractivity contribution in [2.24, 2.45) is 17.8 Å². The van der Waals surface area contributed by atoms with Crippen LogP contribution >= 0.6 is 0 Å². The molecule has 1 N–H and O–H groups in total. The summed E-state index contributed by atoms with van der Waals surface area (Å²) in [5.41, 5.74) is 0. The molecule has 0 aliphatic carbocycles. The van der Waals surface area contributed by atoms with E-state index in [-0.39, 0.29) is 0 Å². The molecule has 2 rings (SSSR count). The fourth-order valence-corrected chi connectivity index (χ4v) is 3.66. The summed E-state index contributed by atoms with van der Waals surface area (Å²) in [6.45, 7) is 12.4. The van der Waals surface area contributed by atoms with Gasteiger partial charge in [0.25, 0.3) is 0 Å². The van der Waals surface area contributed by atoms with Crippen LogP contribution in [-0.2, 0) is 0 Å². The molecule has 2 nitrogen and oxygen atoms in total. The van der Waals surface area contributed by atoms with Gasteiger partial charge in [-0.25, -0.2) is 0 Å². The topological polar surface area (TPSA) is 15.3 Å². The molecular weight excluding hydrogens is 220 g/mol. The van der Waals surface area contributed by atoms with Gasteiger partial charge in [0.05, 0.1) is 0 Å². The lowest BCUT2D eigenvalue weighted by molar-refractivity contribution is 0.111. The van der Waals surface area contributed by atoms with Crippen LogP contribution in [0.5, 0.6) is 0 Å². The van der Waals surface area contributed by atoms with Crippen LogP contribution in [0.4, 0.5) is 0 Å². The summed E-state index contributed by atoms with van der Waals surface area (Å²) in [4.78, 5) is 2.74. The number of likely N-dealkylation sites (tertiary alicyclic amines) is 1. The Labute approximate surface area is 114 Å². The summed E-state index contributed by atoms with van der Waals surface area (Å²) in [7, 11) is 0. The van der Waals surface area contributed by atoms with Gasteiger partial charge >= 0.3 is 0 Å². The number of hydrogen-bond acceptors (Lipinski definition) is 2. The molecular formula is C16H32N2. The predicted octanol–water partition coefficient (Wildman–Crippen LogP) is 3.13. The lowest BCUT2D eigenvalue weighted by Gasteiger charge is -2.38. The Morgan fingerprint density at radius 1 is 1.22 bits per heavy atom. The second kappa shape index (κ2) is 6.91. The molecule has 0 aromatic carbocycles. The number of nitrogens with zero attached hydrogens (tertiary/aromatic N) is 1. The zero-order valence-electron chi connectivity index (χ0n) is 12.6. The van der Waals surface area contributed by atoms with Crippen molar-refractivity contribution >= 4 is 0 Å². The molecule has 2 saturated heterocycles. The summed E-state index contributed by atoms with van der Waals surface area (Å²) in [5.74, 6) is 2.73. The molecule has 0 amide bonds. The minimum absolute atomic E-state index is 0.817. The van der Waals surface area contributed by atoms with Gasteiger partial charge in [-0.3, -0.25) is 0 Å². The Morgan fingerprint density at radius 2 is 2.06 bits per heavy atom. The van der Waals surface area contributed by atoms with Gasteiger partial charge in [-0.15, -0.1) is 0 Å². The molecule has 2 heteroatoms. The zero-order valence-corrected chi connectivity index (χ0v) is 12.6. The highest BCUT2D eigenvalue weighted by Crippen LogP contribution is 2.25. The number of piperidine rings is 2. The van der Waals surface area contributed by atoms with Gasteiger partial charge < -0.3 is 10.2 Å². The number of nitrogens with one attached hydrogen (secondary N) is 1. The molecule has 2 heterocycles. The SMILES string of the molecule is CC1CCC(C)N(CCC(C)C2CCCNC2)C1. The van der Waals surface area contributed by atoms with E-state index < -0.39 is 0 Å². The summed E-state index contributed by atoms with van der Waals surface area (Å²) in [6, 6.07) is 0.817. The summed E-state index contributed by atoms with van der Waals surface area (Å²) in [5, 5.41) is 3.56. The van der Waals surface area contributed by atoms with Gasteiger partial charge in [0, 0.05) is 12.6 Å². The Hall–Kier alpha value is -0.0800. The highest BCUT2D eigenvalue weighted by Gasteiger charge is 2.25. The first-order valence-corrected chi connectivity index (χ1v) is 8.11. The van der Waals surface area contributed by atoms with E-state index in [1.165, 1.54) is 58.3 Å². The molecule has 2 fully saturated rings. The molecule has 0 saturated carbocycles. The Kier molecular flexibility index (Phi) is 5.50. The monoisotopic (exact) mass is 252 g/mol. The third kappa shape index (κ3) is 3.96. The highest BCUT2D eigenvalue weighted by molar-refractivity contribution is 4.79. The number of rotatable bonds is 4. The van der Waals surface area contributed by atoms with E-state index in [1.54, 1.807) is 0 Å². The molecule has 0 radical (unpaired) electrons. The third-order valence-electron chi connectivity index (χ3n) is 5.26. The van der Waals surface area contributed by atoms with Crippen LogP contribution in [0.3, 0.4) is 0 Å². The molecule has 106 valence electrons. The van der Waals surface area contributed by atoms with Gasteiger partial charge in [-0.05, 0) is 76.4 Å². The zero-order chi connectivity index (χ0) is 13.0. The van der Waals surface area contributed by atoms with Crippen molar-refractivity contribution in [3.05, 3.63) is 0 Å². The smallest absolute Gasteiger partial charge is 0.00671 e. The van der Waals surface area contributed by atoms with Crippen LogP contribution in [0, 0.1) is 17.8 Å². The second-order valence-corrected chi connectivity index (χ2v) is 6.90. The van der Waals surface area contributed by atoms with Crippen molar-refractivity contribution in [3.8, 4) is 0 Å². The molecule has 2 aliphatic heterocycles. The minimum Gasteiger partial charge on any atom is -0.316 e. The molecule has 0 aromatic heterocycles. The minimum atomic E-state index is 0.817. The first-order valence-electron chi connectivity index (χ1n) is 8.11. The molecule has 4 unspecified atom stereocenters. The van der Waals surface area contributed by atoms with Crippen molar-refractivity contribution in [1.82, 2.24) is 10.2 Å². The fourth-order valence-electron chi connectivity index (χ4n) is 3.66. The Morgan fingerprint density at radius 3 is 2.78 bits per heavy atom. The van der Waals surface area contributed by atoms with Crippen LogP contribution in [-0.4, -0.2) is 37.1 Å². The first kappa shape index (κ1) is 14.3. The van der Waals surface area contributed by atoms with Crippen LogP contribution < -0.4 is 5.32 Å². The highest BCUT2D eigenvalue weighted by atomic mass is 15.2. The van der Waals surface area contributed by atoms with Gasteiger partial charge in [-0.1, -0.05) is 13.8 Å². The van der Waals surface area contributed by atoms with Crippen LogP contribution in [0.1, 0.15) is 52.9 Å². The van der Waals surface area contributed by atoms with E-state index in [0.717, 1.165) is 23.8 Å². The maximum absolute atomic E-state index is 3.56. The quantitative estimate of drug-likeness (QED) is 0.827. The summed E-state index contributed by atoms with van der Waals surface area (Å²) < 4.78 is 0. The normalized spacial score (nSPS) is 36.5. The van der Waals surface area contributed by atoms with Gasteiger partial charge in [-0.2, -0.15) is 0 Å². The number of hydrogen-bond donors (Lipinski definition) is 1. The van der Waals surface area contributed by atoms with Gasteiger partial charge in [0.15, 0.2) is 0 Å². The van der Waals surface area contributed by atoms with Crippen LogP contribution in [0.15, 0.2) is 0 Å². The van der Waals surface area contributed by atoms with Crippen molar-refractivity contribution in [3.63, 3.8) is 0 Å². The fraction of sp³-hybridized carbons (Fsp3) is 1.00. The lowest BCUT2D eigenvalue weighted by atomic mass is 9.85. The molecule has 0 bridgehead atoms. The van der Waals surface area contributed by atoms with E-state index in [4.69, 9.17) is 0 Å². The Bertz CT molecular complexity index is 235. The molecule has 0 aromatic rings. The largest absolute Gasteiger partial charge is 0.316 e. The van der Waals surface area contributed by atoms with E-state index >= 15 is 0 Å². The van der Waals surface area contributed by atoms with E-state index in [9.17, 15) is 0 Å².